The van der Waals surface area contributed by atoms with Crippen LogP contribution in [0.4, 0.5) is 0 Å². The van der Waals surface area contributed by atoms with Crippen molar-refractivity contribution >= 4 is 10.1 Å². The van der Waals surface area contributed by atoms with Gasteiger partial charge < -0.3 is 4.74 Å². The molecule has 0 heterocycles. The predicted molar refractivity (Wildman–Crippen MR) is 113 cm³/mol. The minimum absolute atomic E-state index is 0.0169. The van der Waals surface area contributed by atoms with Crippen molar-refractivity contribution in [3.8, 4) is 5.75 Å². The van der Waals surface area contributed by atoms with Gasteiger partial charge in [-0.15, -0.1) is 0 Å². The summed E-state index contributed by atoms with van der Waals surface area (Å²) in [5, 5.41) is 0. The summed E-state index contributed by atoms with van der Waals surface area (Å²) in [6.07, 6.45) is 10.3. The van der Waals surface area contributed by atoms with E-state index >= 15 is 0 Å². The van der Waals surface area contributed by atoms with E-state index in [2.05, 4.69) is 19.1 Å². The Labute approximate surface area is 170 Å². The van der Waals surface area contributed by atoms with Crippen LogP contribution in [-0.4, -0.2) is 21.6 Å². The highest BCUT2D eigenvalue weighted by atomic mass is 32.2. The molecule has 0 bridgehead atoms. The fraction of sp³-hybridized carbons (Fsp3) is 0.478. The number of unbranched alkanes of at least 4 members (excludes halogenated alkanes) is 6. The summed E-state index contributed by atoms with van der Waals surface area (Å²) in [4.78, 5) is 0.157. The van der Waals surface area contributed by atoms with E-state index in [1.165, 1.54) is 62.6 Å². The molecule has 0 radical (unpaired) electrons. The van der Waals surface area contributed by atoms with Crippen LogP contribution >= 0.6 is 0 Å². The Balaban J connectivity index is 1.62. The van der Waals surface area contributed by atoms with Gasteiger partial charge in [0.15, 0.2) is 0 Å². The molecule has 0 aromatic heterocycles. The number of hydrogen-bond acceptors (Lipinski definition) is 4. The van der Waals surface area contributed by atoms with Gasteiger partial charge in [0.05, 0.1) is 4.90 Å². The van der Waals surface area contributed by atoms with Crippen LogP contribution in [0, 0.1) is 0 Å². The van der Waals surface area contributed by atoms with Crippen molar-refractivity contribution in [1.29, 1.82) is 0 Å². The van der Waals surface area contributed by atoms with Gasteiger partial charge in [-0.05, 0) is 42.7 Å². The molecule has 4 nitrogen and oxygen atoms in total. The van der Waals surface area contributed by atoms with Crippen LogP contribution in [0.25, 0.3) is 0 Å². The molecule has 0 fully saturated rings. The normalized spacial score (nSPS) is 11.5. The Bertz CT molecular complexity index is 755. The molecule has 0 spiro atoms. The lowest BCUT2D eigenvalue weighted by Gasteiger charge is -2.08. The number of rotatable bonds is 14. The molecule has 5 heteroatoms. The van der Waals surface area contributed by atoms with Crippen LogP contribution in [-0.2, 0) is 20.7 Å². The highest BCUT2D eigenvalue weighted by Crippen LogP contribution is 2.16. The zero-order valence-electron chi connectivity index (χ0n) is 16.8. The Morgan fingerprint density at radius 1 is 0.750 bits per heavy atom. The molecular formula is C23H32O4S. The molecule has 0 atom stereocenters. The third-order valence-corrected chi connectivity index (χ3v) is 5.94. The summed E-state index contributed by atoms with van der Waals surface area (Å²) in [6.45, 7) is 2.41. The third-order valence-electron chi connectivity index (χ3n) is 4.61. The quantitative estimate of drug-likeness (QED) is 0.296. The van der Waals surface area contributed by atoms with E-state index in [0.29, 0.717) is 0 Å². The largest absolute Gasteiger partial charge is 0.491 e. The van der Waals surface area contributed by atoms with E-state index in [1.54, 1.807) is 18.2 Å². The minimum Gasteiger partial charge on any atom is -0.491 e. The standard InChI is InChI=1S/C23H32O4S/c1-2-3-4-5-6-7-9-12-21-15-17-22(18-16-21)26-19-20-27-28(24,25)23-13-10-8-11-14-23/h8,10-11,13-18H,2-7,9,12,19-20H2,1H3. The highest BCUT2D eigenvalue weighted by Gasteiger charge is 2.13. The summed E-state index contributed by atoms with van der Waals surface area (Å²) in [7, 11) is -3.72. The molecule has 2 aromatic carbocycles. The molecule has 0 aliphatic heterocycles. The smallest absolute Gasteiger partial charge is 0.297 e. The van der Waals surface area contributed by atoms with E-state index < -0.39 is 10.1 Å². The molecule has 0 N–H and O–H groups in total. The van der Waals surface area contributed by atoms with Crippen molar-refractivity contribution in [1.82, 2.24) is 0 Å². The SMILES string of the molecule is CCCCCCCCCc1ccc(OCCOS(=O)(=O)c2ccccc2)cc1. The zero-order valence-corrected chi connectivity index (χ0v) is 17.6. The van der Waals surface area contributed by atoms with Crippen molar-refractivity contribution in [2.24, 2.45) is 0 Å². The second-order valence-electron chi connectivity index (χ2n) is 6.95. The van der Waals surface area contributed by atoms with E-state index in [-0.39, 0.29) is 18.1 Å². The molecule has 28 heavy (non-hydrogen) atoms. The lowest BCUT2D eigenvalue weighted by molar-refractivity contribution is 0.221. The lowest BCUT2D eigenvalue weighted by Crippen LogP contribution is -2.13. The molecule has 0 saturated heterocycles. The second kappa shape index (κ2) is 12.6. The topological polar surface area (TPSA) is 52.6 Å². The summed E-state index contributed by atoms with van der Waals surface area (Å²) in [5.41, 5.74) is 1.31. The molecule has 154 valence electrons. The average molecular weight is 405 g/mol. The molecule has 2 rings (SSSR count). The summed E-state index contributed by atoms with van der Waals surface area (Å²) >= 11 is 0. The fourth-order valence-corrected chi connectivity index (χ4v) is 3.91. The first-order chi connectivity index (χ1) is 13.6. The molecule has 0 saturated carbocycles. The summed E-state index contributed by atoms with van der Waals surface area (Å²) in [5.74, 6) is 0.726. The van der Waals surface area contributed by atoms with E-state index in [4.69, 9.17) is 8.92 Å². The van der Waals surface area contributed by atoms with Crippen LogP contribution in [0.5, 0.6) is 5.75 Å². The molecule has 0 aliphatic carbocycles. The first-order valence-corrected chi connectivity index (χ1v) is 11.7. The van der Waals surface area contributed by atoms with Crippen LogP contribution in [0.1, 0.15) is 57.4 Å². The molecule has 2 aromatic rings. The van der Waals surface area contributed by atoms with Crippen LogP contribution in [0.3, 0.4) is 0 Å². The maximum Gasteiger partial charge on any atom is 0.297 e. The van der Waals surface area contributed by atoms with Crippen LogP contribution < -0.4 is 4.74 Å². The average Bonchev–Trinajstić information content (AvgIpc) is 2.72. The fourth-order valence-electron chi connectivity index (χ4n) is 3.00. The molecule has 0 unspecified atom stereocenters. The first-order valence-electron chi connectivity index (χ1n) is 10.3. The van der Waals surface area contributed by atoms with Crippen molar-refractivity contribution in [2.45, 2.75) is 63.2 Å². The van der Waals surface area contributed by atoms with Crippen molar-refractivity contribution in [3.63, 3.8) is 0 Å². The van der Waals surface area contributed by atoms with E-state index in [0.717, 1.165) is 12.2 Å². The summed E-state index contributed by atoms with van der Waals surface area (Å²) in [6, 6.07) is 16.1. The number of ether oxygens (including phenoxy) is 1. The van der Waals surface area contributed by atoms with Gasteiger partial charge in [-0.2, -0.15) is 8.42 Å². The van der Waals surface area contributed by atoms with Gasteiger partial charge in [0.1, 0.15) is 19.0 Å². The third kappa shape index (κ3) is 8.44. The van der Waals surface area contributed by atoms with Crippen molar-refractivity contribution in [2.75, 3.05) is 13.2 Å². The zero-order chi connectivity index (χ0) is 20.1. The minimum atomic E-state index is -3.72. The lowest BCUT2D eigenvalue weighted by atomic mass is 10.0. The summed E-state index contributed by atoms with van der Waals surface area (Å²) < 4.78 is 34.6. The van der Waals surface area contributed by atoms with Gasteiger partial charge in [-0.1, -0.05) is 75.8 Å². The monoisotopic (exact) mass is 404 g/mol. The molecular weight excluding hydrogens is 372 g/mol. The van der Waals surface area contributed by atoms with Gasteiger partial charge in [-0.3, -0.25) is 4.18 Å². The Morgan fingerprint density at radius 2 is 1.39 bits per heavy atom. The highest BCUT2D eigenvalue weighted by molar-refractivity contribution is 7.86. The molecule has 0 amide bonds. The van der Waals surface area contributed by atoms with Crippen molar-refractivity contribution < 1.29 is 17.3 Å². The second-order valence-corrected chi connectivity index (χ2v) is 8.57. The van der Waals surface area contributed by atoms with Gasteiger partial charge in [-0.25, -0.2) is 0 Å². The number of aryl methyl sites for hydroxylation is 1. The van der Waals surface area contributed by atoms with Gasteiger partial charge in [0.25, 0.3) is 10.1 Å². The maximum absolute atomic E-state index is 12.0. The van der Waals surface area contributed by atoms with Gasteiger partial charge in [0, 0.05) is 0 Å². The molecule has 0 aliphatic rings. The van der Waals surface area contributed by atoms with Crippen LogP contribution in [0.2, 0.25) is 0 Å². The first kappa shape index (κ1) is 22.4. The number of hydrogen-bond donors (Lipinski definition) is 0. The Morgan fingerprint density at radius 3 is 2.07 bits per heavy atom. The Hall–Kier alpha value is -1.85. The van der Waals surface area contributed by atoms with E-state index in [9.17, 15) is 8.42 Å². The maximum atomic E-state index is 12.0. The van der Waals surface area contributed by atoms with Gasteiger partial charge >= 0.3 is 0 Å². The van der Waals surface area contributed by atoms with E-state index in [1.807, 2.05) is 12.1 Å². The van der Waals surface area contributed by atoms with Gasteiger partial charge in [0.2, 0.25) is 0 Å². The van der Waals surface area contributed by atoms with Crippen molar-refractivity contribution in [3.05, 3.63) is 60.2 Å². The predicted octanol–water partition coefficient (Wildman–Crippen LogP) is 5.76. The number of benzene rings is 2. The Kier molecular flexibility index (Phi) is 10.1. The van der Waals surface area contributed by atoms with Crippen LogP contribution in [0.15, 0.2) is 59.5 Å².